The molecule has 1 aliphatic rings. The Morgan fingerprint density at radius 2 is 1.92 bits per heavy atom. The van der Waals surface area contributed by atoms with E-state index in [0.29, 0.717) is 37.9 Å². The maximum atomic E-state index is 12.7. The number of hydrogen-bond acceptors (Lipinski definition) is 5. The lowest BCUT2D eigenvalue weighted by Crippen LogP contribution is -2.19. The summed E-state index contributed by atoms with van der Waals surface area (Å²) >= 11 is 13.6. The molecule has 0 bridgehead atoms. The van der Waals surface area contributed by atoms with Gasteiger partial charge in [-0.15, -0.1) is 0 Å². The Morgan fingerprint density at radius 3 is 2.75 bits per heavy atom. The molecule has 36 heavy (non-hydrogen) atoms. The second-order valence-corrected chi connectivity index (χ2v) is 9.79. The van der Waals surface area contributed by atoms with Gasteiger partial charge in [-0.2, -0.15) is 0 Å². The third-order valence-corrected chi connectivity index (χ3v) is 7.33. The number of carbonyl (C=O) groups excluding carboxylic acids is 2. The standard InChI is InChI=1S/C27H19Cl2N3O3S/c1-35-26(34)17-7-4-6-16(12-17)14-32-15-18(19-8-2-3-11-22(19)32)13-23-25(33)31-27(36-23)30-21-10-5-9-20(28)24(21)29/h2-13,15H,14H2,1H3,(H,30,31,33)/b23-13-. The summed E-state index contributed by atoms with van der Waals surface area (Å²) in [7, 11) is 1.37. The number of halogens is 2. The van der Waals surface area contributed by atoms with Gasteiger partial charge in [0.15, 0.2) is 5.17 Å². The highest BCUT2D eigenvalue weighted by Gasteiger charge is 2.25. The molecular formula is C27H19Cl2N3O3S. The monoisotopic (exact) mass is 535 g/mol. The molecule has 0 radical (unpaired) electrons. The van der Waals surface area contributed by atoms with Gasteiger partial charge >= 0.3 is 5.97 Å². The molecule has 0 saturated carbocycles. The van der Waals surface area contributed by atoms with Gasteiger partial charge in [0.05, 0.1) is 33.3 Å². The molecule has 4 aromatic rings. The highest BCUT2D eigenvalue weighted by atomic mass is 35.5. The van der Waals surface area contributed by atoms with Gasteiger partial charge in [0.1, 0.15) is 0 Å². The quantitative estimate of drug-likeness (QED) is 0.228. The first kappa shape index (κ1) is 24.2. The van der Waals surface area contributed by atoms with Crippen LogP contribution in [-0.2, 0) is 16.1 Å². The van der Waals surface area contributed by atoms with Crippen molar-refractivity contribution in [3.63, 3.8) is 0 Å². The molecule has 0 aliphatic carbocycles. The number of ether oxygens (including phenoxy) is 1. The highest BCUT2D eigenvalue weighted by Crippen LogP contribution is 2.35. The molecule has 0 unspecified atom stereocenters. The van der Waals surface area contributed by atoms with Gasteiger partial charge in [0.2, 0.25) is 0 Å². The number of nitrogens with one attached hydrogen (secondary N) is 1. The van der Waals surface area contributed by atoms with Crippen LogP contribution in [0.25, 0.3) is 17.0 Å². The number of carbonyl (C=O) groups is 2. The first-order valence-electron chi connectivity index (χ1n) is 10.9. The van der Waals surface area contributed by atoms with E-state index in [1.807, 2.05) is 54.7 Å². The fraction of sp³-hybridized carbons (Fsp3) is 0.0741. The van der Waals surface area contributed by atoms with Gasteiger partial charge in [-0.25, -0.2) is 9.79 Å². The van der Waals surface area contributed by atoms with E-state index >= 15 is 0 Å². The van der Waals surface area contributed by atoms with Crippen molar-refractivity contribution >= 4 is 74.7 Å². The second kappa shape index (κ2) is 10.2. The molecule has 0 spiro atoms. The van der Waals surface area contributed by atoms with E-state index in [1.54, 1.807) is 24.3 Å². The van der Waals surface area contributed by atoms with E-state index < -0.39 is 0 Å². The molecule has 0 atom stereocenters. The molecule has 1 saturated heterocycles. The van der Waals surface area contributed by atoms with Crippen LogP contribution in [0.5, 0.6) is 0 Å². The van der Waals surface area contributed by atoms with Crippen LogP contribution in [0.4, 0.5) is 5.69 Å². The number of rotatable bonds is 5. The van der Waals surface area contributed by atoms with Crippen molar-refractivity contribution in [3.8, 4) is 0 Å². The van der Waals surface area contributed by atoms with Crippen molar-refractivity contribution in [2.24, 2.45) is 4.99 Å². The average molecular weight is 536 g/mol. The maximum Gasteiger partial charge on any atom is 0.337 e. The minimum absolute atomic E-state index is 0.237. The van der Waals surface area contributed by atoms with Gasteiger partial charge in [0.25, 0.3) is 5.91 Å². The summed E-state index contributed by atoms with van der Waals surface area (Å²) in [4.78, 5) is 29.6. The smallest absolute Gasteiger partial charge is 0.337 e. The third-order valence-electron chi connectivity index (χ3n) is 5.61. The molecule has 1 aromatic heterocycles. The zero-order valence-electron chi connectivity index (χ0n) is 19.0. The summed E-state index contributed by atoms with van der Waals surface area (Å²) in [5, 5.41) is 4.95. The minimum Gasteiger partial charge on any atom is -0.465 e. The number of fused-ring (bicyclic) bond motifs is 1. The van der Waals surface area contributed by atoms with Crippen LogP contribution in [0.1, 0.15) is 21.5 Å². The zero-order valence-corrected chi connectivity index (χ0v) is 21.3. The van der Waals surface area contributed by atoms with Crippen molar-refractivity contribution in [2.75, 3.05) is 7.11 Å². The highest BCUT2D eigenvalue weighted by molar-refractivity contribution is 8.18. The van der Waals surface area contributed by atoms with Crippen LogP contribution in [-0.4, -0.2) is 28.7 Å². The Kier molecular flexibility index (Phi) is 6.87. The number of methoxy groups -OCH3 is 1. The Bertz CT molecular complexity index is 1580. The molecule has 1 amide bonds. The van der Waals surface area contributed by atoms with E-state index in [4.69, 9.17) is 27.9 Å². The Hall–Kier alpha value is -3.52. The topological polar surface area (TPSA) is 72.7 Å². The SMILES string of the molecule is COC(=O)c1cccc(Cn2cc(/C=C3\SC(=Nc4cccc(Cl)c4Cl)NC3=O)c3ccccc32)c1. The predicted molar refractivity (Wildman–Crippen MR) is 146 cm³/mol. The van der Waals surface area contributed by atoms with Gasteiger partial charge in [-0.05, 0) is 53.7 Å². The fourth-order valence-corrected chi connectivity index (χ4v) is 5.11. The number of thioether (sulfide) groups is 1. The van der Waals surface area contributed by atoms with Crippen molar-refractivity contribution < 1.29 is 14.3 Å². The van der Waals surface area contributed by atoms with Crippen LogP contribution < -0.4 is 5.32 Å². The number of nitrogens with zero attached hydrogens (tertiary/aromatic N) is 2. The first-order chi connectivity index (χ1) is 17.4. The van der Waals surface area contributed by atoms with Crippen molar-refractivity contribution in [3.05, 3.63) is 105 Å². The summed E-state index contributed by atoms with van der Waals surface area (Å²) in [5.41, 5.74) is 3.85. The van der Waals surface area contributed by atoms with Crippen LogP contribution in [0.15, 0.2) is 82.8 Å². The van der Waals surface area contributed by atoms with Crippen LogP contribution in [0.2, 0.25) is 10.0 Å². The van der Waals surface area contributed by atoms with E-state index in [2.05, 4.69) is 14.9 Å². The molecule has 3 aromatic carbocycles. The Labute approximate surface area is 221 Å². The second-order valence-electron chi connectivity index (χ2n) is 7.98. The average Bonchev–Trinajstić information content (AvgIpc) is 3.41. The lowest BCUT2D eigenvalue weighted by atomic mass is 10.1. The van der Waals surface area contributed by atoms with E-state index in [-0.39, 0.29) is 11.9 Å². The van der Waals surface area contributed by atoms with Gasteiger partial charge in [-0.3, -0.25) is 4.79 Å². The third kappa shape index (κ3) is 4.91. The lowest BCUT2D eigenvalue weighted by molar-refractivity contribution is -0.115. The van der Waals surface area contributed by atoms with Crippen LogP contribution >= 0.6 is 35.0 Å². The number of amidine groups is 1. The van der Waals surface area contributed by atoms with Crippen molar-refractivity contribution in [1.82, 2.24) is 9.88 Å². The predicted octanol–water partition coefficient (Wildman–Crippen LogP) is 6.67. The summed E-state index contributed by atoms with van der Waals surface area (Å²) in [6, 6.07) is 20.5. The van der Waals surface area contributed by atoms with Gasteiger partial charge < -0.3 is 14.6 Å². The number of amides is 1. The number of hydrogen-bond donors (Lipinski definition) is 1. The van der Waals surface area contributed by atoms with Crippen LogP contribution in [0, 0.1) is 0 Å². The Morgan fingerprint density at radius 1 is 1.11 bits per heavy atom. The summed E-state index contributed by atoms with van der Waals surface area (Å²) < 4.78 is 6.94. The number of aliphatic imine (C=N–C) groups is 1. The molecule has 9 heteroatoms. The maximum absolute atomic E-state index is 12.7. The van der Waals surface area contributed by atoms with Crippen molar-refractivity contribution in [1.29, 1.82) is 0 Å². The molecule has 180 valence electrons. The molecule has 1 aliphatic heterocycles. The van der Waals surface area contributed by atoms with E-state index in [1.165, 1.54) is 18.9 Å². The number of para-hydroxylation sites is 1. The first-order valence-corrected chi connectivity index (χ1v) is 12.5. The van der Waals surface area contributed by atoms with Gasteiger partial charge in [0, 0.05) is 29.2 Å². The number of aromatic nitrogens is 1. The molecule has 1 fully saturated rings. The normalized spacial score (nSPS) is 15.6. The summed E-state index contributed by atoms with van der Waals surface area (Å²) in [6.07, 6.45) is 3.85. The molecule has 5 rings (SSSR count). The fourth-order valence-electron chi connectivity index (χ4n) is 3.94. The largest absolute Gasteiger partial charge is 0.465 e. The summed E-state index contributed by atoms with van der Waals surface area (Å²) in [5.74, 6) is -0.611. The summed E-state index contributed by atoms with van der Waals surface area (Å²) in [6.45, 7) is 0.549. The van der Waals surface area contributed by atoms with E-state index in [9.17, 15) is 9.59 Å². The minimum atomic E-state index is -0.375. The Balaban J connectivity index is 1.47. The van der Waals surface area contributed by atoms with Crippen molar-refractivity contribution in [2.45, 2.75) is 6.54 Å². The van der Waals surface area contributed by atoms with Crippen LogP contribution in [0.3, 0.4) is 0 Å². The molecule has 1 N–H and O–H groups in total. The lowest BCUT2D eigenvalue weighted by Gasteiger charge is -2.07. The zero-order chi connectivity index (χ0) is 25.2. The van der Waals surface area contributed by atoms with E-state index in [0.717, 1.165) is 22.0 Å². The molecular weight excluding hydrogens is 517 g/mol. The van der Waals surface area contributed by atoms with Gasteiger partial charge in [-0.1, -0.05) is 59.6 Å². The number of esters is 1. The molecule has 2 heterocycles. The molecule has 6 nitrogen and oxygen atoms in total. The number of benzene rings is 3.